The molecule has 1 fully saturated rings. The van der Waals surface area contributed by atoms with Crippen molar-refractivity contribution in [2.45, 2.75) is 52.0 Å². The van der Waals surface area contributed by atoms with Crippen molar-refractivity contribution >= 4 is 34.1 Å². The number of nitrogens with zero attached hydrogens (tertiary/aromatic N) is 2. The van der Waals surface area contributed by atoms with E-state index in [2.05, 4.69) is 47.4 Å². The zero-order chi connectivity index (χ0) is 28.3. The van der Waals surface area contributed by atoms with Crippen molar-refractivity contribution in [3.8, 4) is 11.5 Å². The van der Waals surface area contributed by atoms with Crippen LogP contribution in [-0.2, 0) is 10.2 Å². The second kappa shape index (κ2) is 11.5. The molecule has 0 radical (unpaired) electrons. The number of amides is 2. The Kier molecular flexibility index (Phi) is 7.85. The summed E-state index contributed by atoms with van der Waals surface area (Å²) in [4.78, 5) is 32.2. The van der Waals surface area contributed by atoms with Gasteiger partial charge in [0, 0.05) is 23.5 Å². The number of benzene rings is 3. The molecule has 1 aliphatic heterocycles. The Hall–Kier alpha value is -4.23. The molecule has 7 nitrogen and oxygen atoms in total. The summed E-state index contributed by atoms with van der Waals surface area (Å²) in [5, 5.41) is 7.81. The second-order valence-electron chi connectivity index (χ2n) is 11.4. The minimum atomic E-state index is -0.205. The largest absolute Gasteiger partial charge is 0.457 e. The molecule has 2 N–H and O–H groups in total. The summed E-state index contributed by atoms with van der Waals surface area (Å²) in [6.45, 7) is 10.3. The number of nitrogens with one attached hydrogen (secondary N) is 2. The molecule has 1 aliphatic rings. The third-order valence-corrected chi connectivity index (χ3v) is 7.35. The van der Waals surface area contributed by atoms with Gasteiger partial charge >= 0.3 is 0 Å². The third kappa shape index (κ3) is 6.49. The first-order chi connectivity index (χ1) is 19.2. The highest BCUT2D eigenvalue weighted by Gasteiger charge is 2.24. The molecule has 1 aromatic heterocycles. The summed E-state index contributed by atoms with van der Waals surface area (Å²) < 4.78 is 6.11. The van der Waals surface area contributed by atoms with Crippen LogP contribution in [0.4, 0.5) is 11.5 Å². The lowest BCUT2D eigenvalue weighted by atomic mass is 9.87. The van der Waals surface area contributed by atoms with Gasteiger partial charge in [0.25, 0.3) is 5.91 Å². The van der Waals surface area contributed by atoms with Crippen LogP contribution in [0.3, 0.4) is 0 Å². The number of anilines is 2. The van der Waals surface area contributed by atoms with E-state index in [1.807, 2.05) is 61.5 Å². The molecule has 0 aliphatic carbocycles. The normalized spacial score (nSPS) is 14.6. The number of aromatic nitrogens is 1. The van der Waals surface area contributed by atoms with E-state index in [0.29, 0.717) is 22.9 Å². The summed E-state index contributed by atoms with van der Waals surface area (Å²) in [6, 6.07) is 22.6. The van der Waals surface area contributed by atoms with Crippen LogP contribution < -0.4 is 15.4 Å². The second-order valence-corrected chi connectivity index (χ2v) is 11.4. The highest BCUT2D eigenvalue weighted by molar-refractivity contribution is 6.06. The smallest absolute Gasteiger partial charge is 0.255 e. The first-order valence-electron chi connectivity index (χ1n) is 13.8. The fraction of sp³-hybridized carbons (Fsp3) is 0.303. The van der Waals surface area contributed by atoms with Gasteiger partial charge in [-0.3, -0.25) is 14.5 Å². The Labute approximate surface area is 235 Å². The molecule has 2 heterocycles. The van der Waals surface area contributed by atoms with Crippen molar-refractivity contribution in [2.75, 3.05) is 23.7 Å². The monoisotopic (exact) mass is 536 g/mol. The van der Waals surface area contributed by atoms with Crippen LogP contribution in [0.1, 0.15) is 56.5 Å². The highest BCUT2D eigenvalue weighted by Crippen LogP contribution is 2.28. The number of likely N-dealkylation sites (tertiary alicyclic amines) is 1. The molecule has 2 amide bonds. The van der Waals surface area contributed by atoms with E-state index in [-0.39, 0.29) is 23.3 Å². The maximum absolute atomic E-state index is 13.1. The molecule has 0 saturated carbocycles. The van der Waals surface area contributed by atoms with Gasteiger partial charge < -0.3 is 15.4 Å². The van der Waals surface area contributed by atoms with Gasteiger partial charge in [-0.25, -0.2) is 4.98 Å². The molecule has 1 atom stereocenters. The van der Waals surface area contributed by atoms with Crippen molar-refractivity contribution in [3.05, 3.63) is 90.1 Å². The summed E-state index contributed by atoms with van der Waals surface area (Å²) in [5.74, 6) is 1.39. The molecule has 206 valence electrons. The van der Waals surface area contributed by atoms with Crippen molar-refractivity contribution < 1.29 is 14.3 Å². The van der Waals surface area contributed by atoms with Gasteiger partial charge in [0.15, 0.2) is 0 Å². The molecule has 3 aromatic carbocycles. The predicted octanol–water partition coefficient (Wildman–Crippen LogP) is 7.00. The molecular formula is C33H36N4O3. The number of hydrogen-bond acceptors (Lipinski definition) is 5. The van der Waals surface area contributed by atoms with Crippen LogP contribution in [0.25, 0.3) is 10.8 Å². The minimum absolute atomic E-state index is 0.00666. The quantitative estimate of drug-likeness (QED) is 0.266. The maximum Gasteiger partial charge on any atom is 0.255 e. The van der Waals surface area contributed by atoms with Gasteiger partial charge in [-0.15, -0.1) is 0 Å². The lowest BCUT2D eigenvalue weighted by Crippen LogP contribution is -2.40. The maximum atomic E-state index is 13.1. The fourth-order valence-corrected chi connectivity index (χ4v) is 4.90. The summed E-state index contributed by atoms with van der Waals surface area (Å²) in [5.41, 5.74) is 2.48. The predicted molar refractivity (Wildman–Crippen MR) is 160 cm³/mol. The van der Waals surface area contributed by atoms with Crippen LogP contribution in [0, 0.1) is 0 Å². The van der Waals surface area contributed by atoms with Crippen molar-refractivity contribution in [1.29, 1.82) is 0 Å². The summed E-state index contributed by atoms with van der Waals surface area (Å²) in [6.07, 6.45) is 3.87. The van der Waals surface area contributed by atoms with Gasteiger partial charge in [-0.2, -0.15) is 0 Å². The Bertz CT molecular complexity index is 1540. The van der Waals surface area contributed by atoms with E-state index in [1.165, 1.54) is 0 Å². The molecule has 1 saturated heterocycles. The topological polar surface area (TPSA) is 83.6 Å². The van der Waals surface area contributed by atoms with Crippen LogP contribution in [0.2, 0.25) is 0 Å². The lowest BCUT2D eigenvalue weighted by Gasteiger charge is -2.22. The molecule has 4 aromatic rings. The number of pyridine rings is 1. The Morgan fingerprint density at radius 3 is 2.40 bits per heavy atom. The number of carbonyl (C=O) groups excluding carboxylic acids is 2. The third-order valence-electron chi connectivity index (χ3n) is 7.35. The highest BCUT2D eigenvalue weighted by atomic mass is 16.5. The van der Waals surface area contributed by atoms with Gasteiger partial charge in [-0.1, -0.05) is 45.0 Å². The minimum Gasteiger partial charge on any atom is -0.457 e. The molecule has 7 heteroatoms. The van der Waals surface area contributed by atoms with Crippen LogP contribution in [-0.4, -0.2) is 40.8 Å². The summed E-state index contributed by atoms with van der Waals surface area (Å²) in [7, 11) is 0. The number of rotatable bonds is 7. The Morgan fingerprint density at radius 2 is 1.62 bits per heavy atom. The van der Waals surface area contributed by atoms with E-state index in [4.69, 9.17) is 4.74 Å². The van der Waals surface area contributed by atoms with E-state index in [0.717, 1.165) is 48.0 Å². The molecule has 0 spiro atoms. The standard InChI is InChI=1S/C33H36N4O3/c1-22(37-16-5-6-17-37)31(38)36-30-21-29(14-15-34-30)40-28-13-12-23-10-11-24(18-25(23)19-28)32(39)35-27-9-7-8-26(20-27)33(2,3)4/h7-15,18-22H,5-6,16-17H2,1-4H3,(H,35,39)(H,34,36,38). The van der Waals surface area contributed by atoms with Crippen molar-refractivity contribution in [3.63, 3.8) is 0 Å². The van der Waals surface area contributed by atoms with Gasteiger partial charge in [0.1, 0.15) is 17.3 Å². The van der Waals surface area contributed by atoms with Crippen molar-refractivity contribution in [2.24, 2.45) is 0 Å². The number of ether oxygens (including phenoxy) is 1. The average Bonchev–Trinajstić information content (AvgIpc) is 3.47. The van der Waals surface area contributed by atoms with Crippen LogP contribution >= 0.6 is 0 Å². The van der Waals surface area contributed by atoms with E-state index >= 15 is 0 Å². The molecular weight excluding hydrogens is 500 g/mol. The van der Waals surface area contributed by atoms with Crippen LogP contribution in [0.5, 0.6) is 11.5 Å². The van der Waals surface area contributed by atoms with E-state index in [1.54, 1.807) is 18.3 Å². The SMILES string of the molecule is CC(C(=O)Nc1cc(Oc2ccc3ccc(C(=O)Nc4cccc(C(C)(C)C)c4)cc3c2)ccn1)N1CCCC1. The molecule has 0 bridgehead atoms. The number of fused-ring (bicyclic) bond motifs is 1. The van der Waals surface area contributed by atoms with Gasteiger partial charge in [-0.05, 0) is 97.1 Å². The fourth-order valence-electron chi connectivity index (χ4n) is 4.90. The van der Waals surface area contributed by atoms with E-state index < -0.39 is 0 Å². The molecule has 1 unspecified atom stereocenters. The zero-order valence-corrected chi connectivity index (χ0v) is 23.5. The first kappa shape index (κ1) is 27.3. The zero-order valence-electron chi connectivity index (χ0n) is 23.5. The van der Waals surface area contributed by atoms with Crippen molar-refractivity contribution in [1.82, 2.24) is 9.88 Å². The molecule has 5 rings (SSSR count). The van der Waals surface area contributed by atoms with Gasteiger partial charge in [0.2, 0.25) is 5.91 Å². The first-order valence-corrected chi connectivity index (χ1v) is 13.8. The molecule has 40 heavy (non-hydrogen) atoms. The Morgan fingerprint density at radius 1 is 0.875 bits per heavy atom. The Balaban J connectivity index is 1.28. The van der Waals surface area contributed by atoms with Gasteiger partial charge in [0.05, 0.1) is 6.04 Å². The number of carbonyl (C=O) groups is 2. The van der Waals surface area contributed by atoms with Crippen LogP contribution in [0.15, 0.2) is 79.0 Å². The number of hydrogen-bond donors (Lipinski definition) is 2. The average molecular weight is 537 g/mol. The van der Waals surface area contributed by atoms with E-state index in [9.17, 15) is 9.59 Å². The lowest BCUT2D eigenvalue weighted by molar-refractivity contribution is -0.120. The summed E-state index contributed by atoms with van der Waals surface area (Å²) >= 11 is 0.